The Bertz CT molecular complexity index is 1230. The summed E-state index contributed by atoms with van der Waals surface area (Å²) in [5.74, 6) is 1.13. The monoisotopic (exact) mass is 448 g/mol. The van der Waals surface area contributed by atoms with E-state index in [1.165, 1.54) is 4.57 Å². The maximum Gasteiger partial charge on any atom is 0.441 e. The van der Waals surface area contributed by atoms with Crippen LogP contribution in [0.25, 0.3) is 22.9 Å². The second kappa shape index (κ2) is 9.47. The molecular weight excluding hydrogens is 424 g/mol. The van der Waals surface area contributed by atoms with Crippen molar-refractivity contribution in [3.63, 3.8) is 0 Å². The SMILES string of the molecule is O=c1onc(-c2ccccc2)n1CC(O)CN1CCC(c2nc(-c3ccccn3)no2)CC1. The highest BCUT2D eigenvalue weighted by molar-refractivity contribution is 5.54. The smallest absolute Gasteiger partial charge is 0.390 e. The minimum absolute atomic E-state index is 0.115. The van der Waals surface area contributed by atoms with Gasteiger partial charge in [-0.15, -0.1) is 0 Å². The lowest BCUT2D eigenvalue weighted by Crippen LogP contribution is -2.40. The Morgan fingerprint density at radius 3 is 2.55 bits per heavy atom. The third-order valence-corrected chi connectivity index (χ3v) is 5.85. The summed E-state index contributed by atoms with van der Waals surface area (Å²) in [5, 5.41) is 18.6. The lowest BCUT2D eigenvalue weighted by molar-refractivity contribution is 0.0812. The van der Waals surface area contributed by atoms with Crippen LogP contribution in [-0.4, -0.2) is 60.6 Å². The number of likely N-dealkylation sites (tertiary alicyclic amines) is 1. The summed E-state index contributed by atoms with van der Waals surface area (Å²) >= 11 is 0. The second-order valence-corrected chi connectivity index (χ2v) is 8.15. The number of pyridine rings is 1. The maximum atomic E-state index is 12.1. The molecule has 0 bridgehead atoms. The number of benzene rings is 1. The number of rotatable bonds is 7. The molecule has 1 unspecified atom stereocenters. The molecule has 4 aromatic rings. The van der Waals surface area contributed by atoms with Crippen molar-refractivity contribution in [3.05, 3.63) is 71.2 Å². The van der Waals surface area contributed by atoms with Crippen molar-refractivity contribution in [2.75, 3.05) is 19.6 Å². The van der Waals surface area contributed by atoms with Gasteiger partial charge in [0.25, 0.3) is 0 Å². The molecule has 3 aromatic heterocycles. The van der Waals surface area contributed by atoms with Crippen LogP contribution in [0.1, 0.15) is 24.7 Å². The first kappa shape index (κ1) is 21.2. The first-order valence-corrected chi connectivity index (χ1v) is 10.9. The molecule has 1 N–H and O–H groups in total. The average molecular weight is 448 g/mol. The number of nitrogens with zero attached hydrogens (tertiary/aromatic N) is 6. The van der Waals surface area contributed by atoms with Gasteiger partial charge in [0.1, 0.15) is 5.69 Å². The van der Waals surface area contributed by atoms with Crippen molar-refractivity contribution in [2.24, 2.45) is 0 Å². The fraction of sp³-hybridized carbons (Fsp3) is 0.348. The van der Waals surface area contributed by atoms with Gasteiger partial charge in [-0.25, -0.2) is 4.79 Å². The third kappa shape index (κ3) is 4.76. The molecule has 1 saturated heterocycles. The number of aliphatic hydroxyl groups excluding tert-OH is 1. The fourth-order valence-electron chi connectivity index (χ4n) is 4.15. The van der Waals surface area contributed by atoms with Gasteiger partial charge in [-0.2, -0.15) is 4.98 Å². The highest BCUT2D eigenvalue weighted by Gasteiger charge is 2.27. The van der Waals surface area contributed by atoms with E-state index in [0.717, 1.165) is 31.5 Å². The van der Waals surface area contributed by atoms with Gasteiger partial charge in [0.15, 0.2) is 5.82 Å². The van der Waals surface area contributed by atoms with Crippen molar-refractivity contribution in [1.82, 2.24) is 29.7 Å². The molecule has 0 radical (unpaired) electrons. The molecule has 10 heteroatoms. The third-order valence-electron chi connectivity index (χ3n) is 5.85. The summed E-state index contributed by atoms with van der Waals surface area (Å²) in [6.07, 6.45) is 2.66. The maximum absolute atomic E-state index is 12.1. The lowest BCUT2D eigenvalue weighted by Gasteiger charge is -2.31. The molecule has 1 aliphatic heterocycles. The minimum Gasteiger partial charge on any atom is -0.390 e. The predicted molar refractivity (Wildman–Crippen MR) is 118 cm³/mol. The van der Waals surface area contributed by atoms with Crippen LogP contribution in [0.5, 0.6) is 0 Å². The molecule has 170 valence electrons. The van der Waals surface area contributed by atoms with Crippen LogP contribution < -0.4 is 5.76 Å². The van der Waals surface area contributed by atoms with Crippen LogP contribution >= 0.6 is 0 Å². The summed E-state index contributed by atoms with van der Waals surface area (Å²) < 4.78 is 11.7. The number of aliphatic hydroxyl groups is 1. The van der Waals surface area contributed by atoms with Gasteiger partial charge < -0.3 is 14.5 Å². The van der Waals surface area contributed by atoms with E-state index < -0.39 is 11.9 Å². The van der Waals surface area contributed by atoms with E-state index in [1.54, 1.807) is 6.20 Å². The molecule has 0 amide bonds. The molecule has 1 aromatic carbocycles. The molecule has 33 heavy (non-hydrogen) atoms. The number of β-amino-alcohol motifs (C(OH)–C–C–N with tert-alkyl or cyclic N) is 1. The van der Waals surface area contributed by atoms with Gasteiger partial charge in [0.05, 0.1) is 12.6 Å². The average Bonchev–Trinajstić information content (AvgIpc) is 3.48. The highest BCUT2D eigenvalue weighted by Crippen LogP contribution is 2.28. The van der Waals surface area contributed by atoms with Gasteiger partial charge >= 0.3 is 5.76 Å². The zero-order valence-corrected chi connectivity index (χ0v) is 17.9. The van der Waals surface area contributed by atoms with E-state index in [2.05, 4.69) is 25.2 Å². The minimum atomic E-state index is -0.736. The quantitative estimate of drug-likeness (QED) is 0.453. The molecule has 4 heterocycles. The van der Waals surface area contributed by atoms with Gasteiger partial charge in [0.2, 0.25) is 11.7 Å². The molecule has 1 atom stereocenters. The standard InChI is InChI=1S/C23H24N6O4/c30-18(15-29-21(27-33-23(29)31)16-6-2-1-3-7-16)14-28-12-9-17(10-13-28)22-25-20(26-32-22)19-8-4-5-11-24-19/h1-8,11,17-18,30H,9-10,12-15H2. The van der Waals surface area contributed by atoms with Crippen molar-refractivity contribution >= 4 is 0 Å². The Labute approximate surface area is 189 Å². The topological polar surface area (TPSA) is 123 Å². The van der Waals surface area contributed by atoms with E-state index in [-0.39, 0.29) is 12.5 Å². The zero-order valence-electron chi connectivity index (χ0n) is 17.9. The Morgan fingerprint density at radius 2 is 1.79 bits per heavy atom. The van der Waals surface area contributed by atoms with Crippen molar-refractivity contribution in [2.45, 2.75) is 31.4 Å². The van der Waals surface area contributed by atoms with Crippen LogP contribution in [0.4, 0.5) is 0 Å². The number of aromatic nitrogens is 5. The first-order chi connectivity index (χ1) is 16.2. The molecule has 1 fully saturated rings. The van der Waals surface area contributed by atoms with E-state index >= 15 is 0 Å². The molecule has 0 aliphatic carbocycles. The number of hydrogen-bond acceptors (Lipinski definition) is 9. The molecule has 0 saturated carbocycles. The van der Waals surface area contributed by atoms with Crippen molar-refractivity contribution in [1.29, 1.82) is 0 Å². The Morgan fingerprint density at radius 1 is 1.00 bits per heavy atom. The van der Waals surface area contributed by atoms with Gasteiger partial charge in [-0.3, -0.25) is 14.1 Å². The first-order valence-electron chi connectivity index (χ1n) is 10.9. The van der Waals surface area contributed by atoms with E-state index in [1.807, 2.05) is 48.5 Å². The van der Waals surface area contributed by atoms with Crippen LogP contribution in [0, 0.1) is 0 Å². The van der Waals surface area contributed by atoms with E-state index in [0.29, 0.717) is 29.8 Å². The number of hydrogen-bond donors (Lipinski definition) is 1. The number of piperidine rings is 1. The highest BCUT2D eigenvalue weighted by atomic mass is 16.5. The summed E-state index contributed by atoms with van der Waals surface area (Å²) in [4.78, 5) is 23.1. The zero-order chi connectivity index (χ0) is 22.6. The molecular formula is C23H24N6O4. The second-order valence-electron chi connectivity index (χ2n) is 8.15. The normalized spacial score (nSPS) is 16.2. The van der Waals surface area contributed by atoms with Crippen LogP contribution in [-0.2, 0) is 6.54 Å². The van der Waals surface area contributed by atoms with Crippen LogP contribution in [0.2, 0.25) is 0 Å². The Hall–Kier alpha value is -3.63. The lowest BCUT2D eigenvalue weighted by atomic mass is 9.96. The summed E-state index contributed by atoms with van der Waals surface area (Å²) in [6.45, 7) is 2.13. The summed E-state index contributed by atoms with van der Waals surface area (Å²) in [7, 11) is 0. The molecule has 1 aliphatic rings. The summed E-state index contributed by atoms with van der Waals surface area (Å²) in [5.41, 5.74) is 1.45. The van der Waals surface area contributed by atoms with Crippen LogP contribution in [0.15, 0.2) is 68.6 Å². The summed E-state index contributed by atoms with van der Waals surface area (Å²) in [6, 6.07) is 14.9. The molecule has 5 rings (SSSR count). The van der Waals surface area contributed by atoms with Gasteiger partial charge in [-0.1, -0.05) is 46.7 Å². The fourth-order valence-corrected chi connectivity index (χ4v) is 4.15. The Balaban J connectivity index is 1.17. The Kier molecular flexibility index (Phi) is 6.09. The largest absolute Gasteiger partial charge is 0.441 e. The van der Waals surface area contributed by atoms with E-state index in [4.69, 9.17) is 9.05 Å². The van der Waals surface area contributed by atoms with E-state index in [9.17, 15) is 9.90 Å². The predicted octanol–water partition coefficient (Wildman–Crippen LogP) is 2.19. The van der Waals surface area contributed by atoms with Crippen molar-refractivity contribution < 1.29 is 14.2 Å². The molecule has 10 nitrogen and oxygen atoms in total. The van der Waals surface area contributed by atoms with Crippen molar-refractivity contribution in [3.8, 4) is 22.9 Å². The van der Waals surface area contributed by atoms with Gasteiger partial charge in [-0.05, 0) is 38.1 Å². The van der Waals surface area contributed by atoms with Gasteiger partial charge in [0, 0.05) is 24.2 Å². The molecule has 0 spiro atoms. The van der Waals surface area contributed by atoms with Crippen LogP contribution in [0.3, 0.4) is 0 Å².